The van der Waals surface area contributed by atoms with Gasteiger partial charge < -0.3 is 21.7 Å². The highest BCUT2D eigenvalue weighted by molar-refractivity contribution is 5.89. The minimum Gasteiger partial charge on any atom is -0.324 e. The Bertz CT molecular complexity index is 4690. The van der Waals surface area contributed by atoms with E-state index in [-0.39, 0.29) is 61.4 Å². The number of alkyl halides is 12. The van der Waals surface area contributed by atoms with Gasteiger partial charge in [0, 0.05) is 37.3 Å². The van der Waals surface area contributed by atoms with Crippen molar-refractivity contribution in [2.24, 2.45) is 5.73 Å². The van der Waals surface area contributed by atoms with Gasteiger partial charge in [0.05, 0.1) is 22.3 Å². The fourth-order valence-corrected chi connectivity index (χ4v) is 11.9. The molecule has 0 radical (unpaired) electrons. The molecule has 0 fully saturated rings. The number of allylic oxidation sites excluding steroid dienone is 1. The first kappa shape index (κ1) is 89.1. The second kappa shape index (κ2) is 42.8. The Hall–Kier alpha value is -9.56. The molecule has 108 heavy (non-hydrogen) atoms. The van der Waals surface area contributed by atoms with Gasteiger partial charge in [-0.2, -0.15) is 52.7 Å². The van der Waals surface area contributed by atoms with Crippen LogP contribution < -0.4 is 21.7 Å². The molecule has 0 bridgehead atoms. The van der Waals surface area contributed by atoms with Crippen molar-refractivity contribution in [2.75, 3.05) is 19.6 Å². The van der Waals surface area contributed by atoms with E-state index >= 15 is 0 Å². The minimum absolute atomic E-state index is 0. The van der Waals surface area contributed by atoms with Crippen LogP contribution in [0.2, 0.25) is 0 Å². The lowest BCUT2D eigenvalue weighted by molar-refractivity contribution is -0.138. The third kappa shape index (κ3) is 27.3. The van der Waals surface area contributed by atoms with Crippen LogP contribution in [0.1, 0.15) is 125 Å². The maximum Gasteiger partial charge on any atom is 0.416 e. The number of aldehydes is 1. The Morgan fingerprint density at radius 2 is 0.630 bits per heavy atom. The Kier molecular flexibility index (Phi) is 35.3. The molecule has 4 atom stereocenters. The third-order valence-corrected chi connectivity index (χ3v) is 17.2. The molecule has 5 N–H and O–H groups in total. The first-order valence-electron chi connectivity index (χ1n) is 34.2. The highest BCUT2D eigenvalue weighted by atomic mass is 35.5. The van der Waals surface area contributed by atoms with Crippen LogP contribution in [0.3, 0.4) is 0 Å². The number of carbonyl (C=O) groups excluding carboxylic acids is 1. The number of hydrogen-bond acceptors (Lipinski definition) is 5. The number of aryl methyl sites for hydroxylation is 1. The summed E-state index contributed by atoms with van der Waals surface area (Å²) in [4.78, 5) is 9.95. The minimum atomic E-state index is -4.34. The molecule has 20 heteroatoms. The van der Waals surface area contributed by atoms with Crippen LogP contribution in [-0.4, -0.2) is 25.9 Å². The summed E-state index contributed by atoms with van der Waals surface area (Å²) in [6.45, 7) is 10.2. The zero-order valence-corrected chi connectivity index (χ0v) is 62.0. The Balaban J connectivity index is 0.000000247. The molecule has 0 aliphatic carbocycles. The molecule has 0 aliphatic heterocycles. The van der Waals surface area contributed by atoms with E-state index in [2.05, 4.69) is 146 Å². The van der Waals surface area contributed by atoms with Gasteiger partial charge >= 0.3 is 24.7 Å². The average molecular weight is 1550 g/mol. The average Bonchev–Trinajstić information content (AvgIpc) is 0.827. The van der Waals surface area contributed by atoms with Gasteiger partial charge in [-0.3, -0.25) is 4.79 Å². The molecule has 3 unspecified atom stereocenters. The van der Waals surface area contributed by atoms with E-state index in [1.165, 1.54) is 108 Å². The second-order valence-electron chi connectivity index (χ2n) is 25.0. The fourth-order valence-electron chi connectivity index (χ4n) is 11.9. The van der Waals surface area contributed by atoms with Gasteiger partial charge in [-0.25, -0.2) is 0 Å². The van der Waals surface area contributed by atoms with Crippen molar-refractivity contribution in [1.29, 1.82) is 0 Å². The molecular formula is C88H85Cl3F12N4O. The molecule has 0 saturated heterocycles. The van der Waals surface area contributed by atoms with Crippen molar-refractivity contribution in [3.05, 3.63) is 352 Å². The molecule has 0 saturated carbocycles. The highest BCUT2D eigenvalue weighted by Gasteiger charge is 2.33. The van der Waals surface area contributed by atoms with Gasteiger partial charge in [0.2, 0.25) is 0 Å². The topological polar surface area (TPSA) is 79.2 Å². The van der Waals surface area contributed by atoms with E-state index in [0.29, 0.717) is 42.5 Å². The molecule has 0 spiro atoms. The molecule has 0 aromatic heterocycles. The quantitative estimate of drug-likeness (QED) is 0.0281. The molecular weight excluding hydrogens is 1460 g/mol. The summed E-state index contributed by atoms with van der Waals surface area (Å²) in [6, 6.07) is 79.6. The van der Waals surface area contributed by atoms with Crippen LogP contribution in [0, 0.1) is 0 Å². The summed E-state index contributed by atoms with van der Waals surface area (Å²) in [5, 5.41) is 20.0. The lowest BCUT2D eigenvalue weighted by Gasteiger charge is -2.17. The maximum atomic E-state index is 12.8. The van der Waals surface area contributed by atoms with Gasteiger partial charge in [-0.05, 0) is 183 Å². The van der Waals surface area contributed by atoms with Gasteiger partial charge in [0.15, 0.2) is 0 Å². The highest BCUT2D eigenvalue weighted by Crippen LogP contribution is 2.35. The second-order valence-corrected chi connectivity index (χ2v) is 25.0. The summed E-state index contributed by atoms with van der Waals surface area (Å²) in [6.07, 6.45) is -5.75. The Morgan fingerprint density at radius 3 is 0.972 bits per heavy atom. The van der Waals surface area contributed by atoms with Crippen LogP contribution in [0.25, 0.3) is 61.3 Å². The third-order valence-electron chi connectivity index (χ3n) is 17.2. The first-order valence-corrected chi connectivity index (χ1v) is 34.2. The van der Waals surface area contributed by atoms with Crippen molar-refractivity contribution in [2.45, 2.75) is 89.4 Å². The van der Waals surface area contributed by atoms with Gasteiger partial charge in [0.25, 0.3) is 0 Å². The van der Waals surface area contributed by atoms with Crippen molar-refractivity contribution in [3.8, 4) is 0 Å². The molecule has 5 nitrogen and oxygen atoms in total. The Labute approximate surface area is 641 Å². The van der Waals surface area contributed by atoms with E-state index in [1.807, 2.05) is 79.7 Å². The van der Waals surface area contributed by atoms with Gasteiger partial charge in [-0.1, -0.05) is 255 Å². The number of hydrogen-bond donors (Lipinski definition) is 4. The van der Waals surface area contributed by atoms with E-state index < -0.39 is 47.0 Å². The van der Waals surface area contributed by atoms with Crippen LogP contribution >= 0.6 is 37.2 Å². The summed E-state index contributed by atoms with van der Waals surface area (Å²) >= 11 is 0. The van der Waals surface area contributed by atoms with E-state index in [0.717, 1.165) is 67.1 Å². The summed E-state index contributed by atoms with van der Waals surface area (Å²) in [7, 11) is 0. The first-order chi connectivity index (χ1) is 50.2. The van der Waals surface area contributed by atoms with Crippen molar-refractivity contribution in [1.82, 2.24) is 16.0 Å². The van der Waals surface area contributed by atoms with Gasteiger partial charge in [0.1, 0.15) is 6.29 Å². The maximum absolute atomic E-state index is 12.8. The standard InChI is InChI=1S/C22H22F3N.2C22H20F3N.C12H13N.C10H7F3O.3ClH/c3*1-16(20-13-5-10-18-9-2-3-12-21(18)20)26-14-6-8-17-7-4-11-19(15-17)22(23,24)25;1-9(13)11-8-4-6-10-5-2-3-7-12(10)11;11-10(12,13)9-5-1-3-8(7-9)4-2-6-14;;;/h2-5,7,9-13,15-16,26H,6,8,14H2,1H3;2*2-13,15-16,26H,14H2,1H3;2-9H,13H2,1H3;1-7H;3*1H/b;2*8-6+;;4-2+;;;/t;;;9-;;;;/m...1..../s1. The van der Waals surface area contributed by atoms with E-state index in [9.17, 15) is 57.5 Å². The van der Waals surface area contributed by atoms with Crippen LogP contribution in [0.5, 0.6) is 0 Å². The SMILES string of the molecule is CC(NC/C=C/c1cccc(C(F)(F)F)c1)c1cccc2ccccc12.CC(NC/C=C/c1cccc(C(F)(F)F)c1)c1cccc2ccccc12.CC(NCCCc1cccc(C(F)(F)F)c1)c1cccc2ccccc12.C[C@@H](N)c1cccc2ccccc12.Cl.Cl.Cl.O=C/C=C/c1cccc(C(F)(F)F)c1. The number of carbonyl (C=O) groups is 1. The Morgan fingerprint density at radius 1 is 0.343 bits per heavy atom. The number of nitrogens with one attached hydrogen (secondary N) is 3. The predicted molar refractivity (Wildman–Crippen MR) is 427 cm³/mol. The van der Waals surface area contributed by atoms with E-state index in [4.69, 9.17) is 5.73 Å². The largest absolute Gasteiger partial charge is 0.416 e. The molecule has 12 rings (SSSR count). The number of fused-ring (bicyclic) bond motifs is 4. The number of rotatable bonds is 19. The number of nitrogens with two attached hydrogens (primary N) is 1. The van der Waals surface area contributed by atoms with Crippen molar-refractivity contribution >= 4 is 105 Å². The number of halogens is 15. The van der Waals surface area contributed by atoms with Crippen LogP contribution in [-0.2, 0) is 35.9 Å². The predicted octanol–water partition coefficient (Wildman–Crippen LogP) is 25.6. The van der Waals surface area contributed by atoms with Crippen LogP contribution in [0.4, 0.5) is 52.7 Å². The lowest BCUT2D eigenvalue weighted by atomic mass is 9.99. The summed E-state index contributed by atoms with van der Waals surface area (Å²) in [5.41, 5.74) is 10.4. The fraction of sp³-hybridized carbons (Fsp3) is 0.193. The number of benzene rings is 12. The van der Waals surface area contributed by atoms with Crippen molar-refractivity contribution in [3.63, 3.8) is 0 Å². The van der Waals surface area contributed by atoms with Crippen molar-refractivity contribution < 1.29 is 57.5 Å². The molecule has 568 valence electrons. The van der Waals surface area contributed by atoms with Crippen LogP contribution in [0.15, 0.2) is 285 Å². The zero-order valence-electron chi connectivity index (χ0n) is 59.5. The molecule has 12 aromatic carbocycles. The smallest absolute Gasteiger partial charge is 0.324 e. The summed E-state index contributed by atoms with van der Waals surface area (Å²) < 4.78 is 151. The normalized spacial score (nSPS) is 12.7. The monoisotopic (exact) mass is 1550 g/mol. The van der Waals surface area contributed by atoms with Gasteiger partial charge in [-0.15, -0.1) is 37.2 Å². The lowest BCUT2D eigenvalue weighted by Crippen LogP contribution is -2.20. The van der Waals surface area contributed by atoms with E-state index in [1.54, 1.807) is 30.4 Å². The zero-order chi connectivity index (χ0) is 75.6. The molecule has 0 aliphatic rings. The molecule has 0 heterocycles. The molecule has 12 aromatic rings. The molecule has 0 amide bonds. The summed E-state index contributed by atoms with van der Waals surface area (Å²) in [5.74, 6) is 0.